The van der Waals surface area contributed by atoms with Crippen molar-refractivity contribution >= 4 is 17.5 Å². The summed E-state index contributed by atoms with van der Waals surface area (Å²) in [6.07, 6.45) is 2.46. The number of rotatable bonds is 8. The van der Waals surface area contributed by atoms with E-state index in [0.717, 1.165) is 12.1 Å². The van der Waals surface area contributed by atoms with Crippen molar-refractivity contribution in [2.45, 2.75) is 26.7 Å². The number of carbonyl (C=O) groups is 1. The fourth-order valence-electron chi connectivity index (χ4n) is 2.77. The zero-order chi connectivity index (χ0) is 18.4. The van der Waals surface area contributed by atoms with Crippen LogP contribution < -0.4 is 5.32 Å². The van der Waals surface area contributed by atoms with Gasteiger partial charge < -0.3 is 14.6 Å². The van der Waals surface area contributed by atoms with Crippen molar-refractivity contribution in [1.82, 2.24) is 15.2 Å². The molecule has 0 aliphatic heterocycles. The SMILES string of the molecule is CN(C)CC(C)(C)CNC(=O)CCc1ncc(-c2ccccc2Cl)o1. The number of nitrogens with zero attached hydrogens (tertiary/aromatic N) is 2. The van der Waals surface area contributed by atoms with Crippen LogP contribution in [0.1, 0.15) is 26.2 Å². The van der Waals surface area contributed by atoms with E-state index in [2.05, 4.69) is 29.0 Å². The lowest BCUT2D eigenvalue weighted by atomic mass is 9.93. The molecule has 136 valence electrons. The summed E-state index contributed by atoms with van der Waals surface area (Å²) < 4.78 is 5.72. The van der Waals surface area contributed by atoms with E-state index in [1.165, 1.54) is 0 Å². The van der Waals surface area contributed by atoms with Gasteiger partial charge in [-0.15, -0.1) is 0 Å². The minimum absolute atomic E-state index is 0.00400. The van der Waals surface area contributed by atoms with Gasteiger partial charge in [0.1, 0.15) is 0 Å². The smallest absolute Gasteiger partial charge is 0.220 e. The summed E-state index contributed by atoms with van der Waals surface area (Å²) in [5.74, 6) is 1.16. The number of hydrogen-bond acceptors (Lipinski definition) is 4. The van der Waals surface area contributed by atoms with E-state index >= 15 is 0 Å². The zero-order valence-electron chi connectivity index (χ0n) is 15.3. The second-order valence-corrected chi connectivity index (χ2v) is 7.68. The molecule has 0 bridgehead atoms. The van der Waals surface area contributed by atoms with E-state index < -0.39 is 0 Å². The topological polar surface area (TPSA) is 58.4 Å². The van der Waals surface area contributed by atoms with Gasteiger partial charge in [-0.1, -0.05) is 37.6 Å². The first-order valence-electron chi connectivity index (χ1n) is 8.38. The van der Waals surface area contributed by atoms with Gasteiger partial charge >= 0.3 is 0 Å². The Kier molecular flexibility index (Phi) is 6.62. The minimum Gasteiger partial charge on any atom is -0.441 e. The molecule has 2 aromatic rings. The van der Waals surface area contributed by atoms with Crippen LogP contribution in [0.5, 0.6) is 0 Å². The Bertz CT molecular complexity index is 710. The van der Waals surface area contributed by atoms with Crippen LogP contribution >= 0.6 is 11.6 Å². The lowest BCUT2D eigenvalue weighted by molar-refractivity contribution is -0.121. The fourth-order valence-corrected chi connectivity index (χ4v) is 3.00. The molecule has 25 heavy (non-hydrogen) atoms. The molecule has 5 nitrogen and oxygen atoms in total. The maximum atomic E-state index is 12.1. The summed E-state index contributed by atoms with van der Waals surface area (Å²) in [4.78, 5) is 18.4. The average Bonchev–Trinajstić information content (AvgIpc) is 2.99. The first kappa shape index (κ1) is 19.5. The highest BCUT2D eigenvalue weighted by Gasteiger charge is 2.20. The predicted octanol–water partition coefficient (Wildman–Crippen LogP) is 3.63. The maximum absolute atomic E-state index is 12.1. The van der Waals surface area contributed by atoms with Crippen molar-refractivity contribution in [3.63, 3.8) is 0 Å². The van der Waals surface area contributed by atoms with E-state index in [0.29, 0.717) is 36.1 Å². The number of nitrogens with one attached hydrogen (secondary N) is 1. The molecule has 0 fully saturated rings. The maximum Gasteiger partial charge on any atom is 0.220 e. The third-order valence-corrected chi connectivity index (χ3v) is 4.10. The molecule has 1 aromatic heterocycles. The Hall–Kier alpha value is -1.85. The van der Waals surface area contributed by atoms with Gasteiger partial charge in [-0.05, 0) is 31.6 Å². The number of carbonyl (C=O) groups excluding carboxylic acids is 1. The molecule has 6 heteroatoms. The number of aryl methyl sites for hydroxylation is 1. The summed E-state index contributed by atoms with van der Waals surface area (Å²) in [5.41, 5.74) is 0.831. The Labute approximate surface area is 154 Å². The predicted molar refractivity (Wildman–Crippen MR) is 101 cm³/mol. The summed E-state index contributed by atoms with van der Waals surface area (Å²) in [7, 11) is 4.06. The molecule has 0 unspecified atom stereocenters. The molecule has 0 atom stereocenters. The van der Waals surface area contributed by atoms with Crippen LogP contribution in [-0.4, -0.2) is 43.0 Å². The van der Waals surface area contributed by atoms with Crippen LogP contribution in [-0.2, 0) is 11.2 Å². The average molecular weight is 364 g/mol. The quantitative estimate of drug-likeness (QED) is 0.778. The van der Waals surface area contributed by atoms with Crippen LogP contribution in [0, 0.1) is 5.41 Å². The van der Waals surface area contributed by atoms with Crippen molar-refractivity contribution in [3.8, 4) is 11.3 Å². The van der Waals surface area contributed by atoms with Gasteiger partial charge in [0.2, 0.25) is 5.91 Å². The van der Waals surface area contributed by atoms with Gasteiger partial charge in [-0.2, -0.15) is 0 Å². The van der Waals surface area contributed by atoms with Crippen LogP contribution in [0.3, 0.4) is 0 Å². The van der Waals surface area contributed by atoms with Crippen LogP contribution in [0.4, 0.5) is 0 Å². The van der Waals surface area contributed by atoms with Gasteiger partial charge in [-0.3, -0.25) is 4.79 Å². The Morgan fingerprint density at radius 2 is 2.04 bits per heavy atom. The van der Waals surface area contributed by atoms with Gasteiger partial charge in [0.15, 0.2) is 11.7 Å². The van der Waals surface area contributed by atoms with E-state index in [4.69, 9.17) is 16.0 Å². The standard InChI is InChI=1S/C19H26ClN3O2/c1-19(2,13-23(3)4)12-22-17(24)9-10-18-21-11-16(25-18)14-7-5-6-8-15(14)20/h5-8,11H,9-10,12-13H2,1-4H3,(H,22,24). The zero-order valence-corrected chi connectivity index (χ0v) is 16.1. The van der Waals surface area contributed by atoms with Crippen LogP contribution in [0.15, 0.2) is 34.9 Å². The van der Waals surface area contributed by atoms with Gasteiger partial charge in [0.05, 0.1) is 11.2 Å². The molecule has 0 saturated carbocycles. The molecule has 0 radical (unpaired) electrons. The number of oxazole rings is 1. The summed E-state index contributed by atoms with van der Waals surface area (Å²) >= 11 is 6.16. The molecule has 0 spiro atoms. The van der Waals surface area contributed by atoms with E-state index in [1.807, 2.05) is 38.4 Å². The van der Waals surface area contributed by atoms with E-state index in [1.54, 1.807) is 6.20 Å². The molecule has 1 aromatic carbocycles. The lowest BCUT2D eigenvalue weighted by Gasteiger charge is -2.28. The third kappa shape index (κ3) is 6.18. The molecule has 0 aliphatic rings. The first-order valence-corrected chi connectivity index (χ1v) is 8.76. The normalized spacial score (nSPS) is 11.8. The monoisotopic (exact) mass is 363 g/mol. The number of benzene rings is 1. The molecular formula is C19H26ClN3O2. The van der Waals surface area contributed by atoms with E-state index in [9.17, 15) is 4.79 Å². The Balaban J connectivity index is 1.84. The molecule has 1 N–H and O–H groups in total. The first-order chi connectivity index (χ1) is 11.8. The number of hydrogen-bond donors (Lipinski definition) is 1. The largest absolute Gasteiger partial charge is 0.441 e. The van der Waals surface area contributed by atoms with Crippen molar-refractivity contribution in [2.75, 3.05) is 27.2 Å². The third-order valence-electron chi connectivity index (χ3n) is 3.77. The van der Waals surface area contributed by atoms with Crippen molar-refractivity contribution in [3.05, 3.63) is 41.4 Å². The second-order valence-electron chi connectivity index (χ2n) is 7.28. The highest BCUT2D eigenvalue weighted by molar-refractivity contribution is 6.33. The number of aromatic nitrogens is 1. The van der Waals surface area contributed by atoms with Crippen LogP contribution in [0.2, 0.25) is 5.02 Å². The fraction of sp³-hybridized carbons (Fsp3) is 0.474. The summed E-state index contributed by atoms with van der Waals surface area (Å²) in [6.45, 7) is 5.82. The highest BCUT2D eigenvalue weighted by atomic mass is 35.5. The van der Waals surface area contributed by atoms with Crippen molar-refractivity contribution in [2.24, 2.45) is 5.41 Å². The lowest BCUT2D eigenvalue weighted by Crippen LogP contribution is -2.40. The Morgan fingerprint density at radius 3 is 2.72 bits per heavy atom. The molecule has 1 amide bonds. The molecule has 0 saturated heterocycles. The summed E-state index contributed by atoms with van der Waals surface area (Å²) in [5, 5.41) is 3.61. The number of halogens is 1. The Morgan fingerprint density at radius 1 is 1.32 bits per heavy atom. The second kappa shape index (κ2) is 8.50. The highest BCUT2D eigenvalue weighted by Crippen LogP contribution is 2.28. The molecular weight excluding hydrogens is 338 g/mol. The van der Waals surface area contributed by atoms with Gasteiger partial charge in [0, 0.05) is 31.5 Å². The summed E-state index contributed by atoms with van der Waals surface area (Å²) in [6, 6.07) is 7.45. The number of amides is 1. The van der Waals surface area contributed by atoms with Gasteiger partial charge in [0.25, 0.3) is 0 Å². The minimum atomic E-state index is 0.00400. The van der Waals surface area contributed by atoms with Crippen molar-refractivity contribution in [1.29, 1.82) is 0 Å². The molecule has 0 aliphatic carbocycles. The van der Waals surface area contributed by atoms with Crippen LogP contribution in [0.25, 0.3) is 11.3 Å². The van der Waals surface area contributed by atoms with Gasteiger partial charge in [-0.25, -0.2) is 4.98 Å². The van der Waals surface area contributed by atoms with E-state index in [-0.39, 0.29) is 11.3 Å². The molecule has 1 heterocycles. The van der Waals surface area contributed by atoms with Crippen molar-refractivity contribution < 1.29 is 9.21 Å². The molecule has 2 rings (SSSR count).